The van der Waals surface area contributed by atoms with Crippen LogP contribution in [0.25, 0.3) is 0 Å². The second-order valence-electron chi connectivity index (χ2n) is 4.33. The lowest BCUT2D eigenvalue weighted by molar-refractivity contribution is 0.101. The van der Waals surface area contributed by atoms with Crippen molar-refractivity contribution in [2.75, 3.05) is 12.4 Å². The first-order chi connectivity index (χ1) is 10.1. The van der Waals surface area contributed by atoms with Gasteiger partial charge in [0.05, 0.1) is 7.11 Å². The number of amides is 1. The molecule has 0 aliphatic rings. The van der Waals surface area contributed by atoms with Crippen molar-refractivity contribution in [2.24, 2.45) is 0 Å². The molecule has 2 aromatic rings. The largest absolute Gasteiger partial charge is 0.497 e. The third-order valence-corrected chi connectivity index (χ3v) is 2.79. The van der Waals surface area contributed by atoms with Gasteiger partial charge in [-0.2, -0.15) is 0 Å². The molecule has 0 aliphatic carbocycles. The predicted octanol–water partition coefficient (Wildman–Crippen LogP) is 3.51. The molecular formula is C16H15NO4. The Morgan fingerprint density at radius 1 is 1.00 bits per heavy atom. The number of benzene rings is 2. The van der Waals surface area contributed by atoms with Crippen molar-refractivity contribution in [2.45, 2.75) is 6.92 Å². The number of methoxy groups -OCH3 is 1. The highest BCUT2D eigenvalue weighted by Gasteiger charge is 2.07. The van der Waals surface area contributed by atoms with E-state index in [0.717, 1.165) is 0 Å². The van der Waals surface area contributed by atoms with Gasteiger partial charge >= 0.3 is 6.09 Å². The lowest BCUT2D eigenvalue weighted by Gasteiger charge is -2.08. The minimum absolute atomic E-state index is 0.0674. The van der Waals surface area contributed by atoms with Crippen LogP contribution in [0, 0.1) is 0 Å². The molecule has 0 radical (unpaired) electrons. The molecule has 108 valence electrons. The summed E-state index contributed by atoms with van der Waals surface area (Å²) in [6.07, 6.45) is -0.624. The number of ketones is 1. The number of Topliss-reactive ketones (excluding diaryl/α,β-unsaturated/α-hetero) is 1. The zero-order chi connectivity index (χ0) is 15.2. The van der Waals surface area contributed by atoms with E-state index in [-0.39, 0.29) is 5.78 Å². The summed E-state index contributed by atoms with van der Waals surface area (Å²) in [5.41, 5.74) is 1.03. The van der Waals surface area contributed by atoms with Gasteiger partial charge in [0.25, 0.3) is 0 Å². The molecule has 0 saturated heterocycles. The van der Waals surface area contributed by atoms with Crippen LogP contribution in [0.1, 0.15) is 17.3 Å². The van der Waals surface area contributed by atoms with Crippen molar-refractivity contribution in [3.8, 4) is 11.5 Å². The van der Waals surface area contributed by atoms with Crippen molar-refractivity contribution >= 4 is 17.6 Å². The zero-order valence-electron chi connectivity index (χ0n) is 11.8. The molecule has 0 aromatic heterocycles. The van der Waals surface area contributed by atoms with Gasteiger partial charge in [-0.25, -0.2) is 4.79 Å². The summed E-state index contributed by atoms with van der Waals surface area (Å²) in [4.78, 5) is 23.0. The van der Waals surface area contributed by atoms with Crippen molar-refractivity contribution in [3.05, 3.63) is 54.1 Å². The first kappa shape index (κ1) is 14.6. The molecule has 5 heteroatoms. The Hall–Kier alpha value is -2.82. The summed E-state index contributed by atoms with van der Waals surface area (Å²) in [5.74, 6) is 1.01. The Bertz CT molecular complexity index is 650. The summed E-state index contributed by atoms with van der Waals surface area (Å²) < 4.78 is 10.1. The monoisotopic (exact) mass is 285 g/mol. The Labute approximate surface area is 122 Å². The van der Waals surface area contributed by atoms with Gasteiger partial charge in [-0.1, -0.05) is 12.1 Å². The standard InChI is InChI=1S/C16H15NO4/c1-11(18)12-4-3-5-13(10-12)17-16(19)21-15-8-6-14(20-2)7-9-15/h3-10H,1-2H3,(H,17,19). The Balaban J connectivity index is 2.00. The number of ether oxygens (including phenoxy) is 2. The van der Waals surface area contributed by atoms with E-state index >= 15 is 0 Å². The third kappa shape index (κ3) is 4.07. The quantitative estimate of drug-likeness (QED) is 0.873. The van der Waals surface area contributed by atoms with Crippen LogP contribution in [-0.4, -0.2) is 19.0 Å². The maximum Gasteiger partial charge on any atom is 0.417 e. The number of rotatable bonds is 4. The number of nitrogens with one attached hydrogen (secondary N) is 1. The van der Waals surface area contributed by atoms with Gasteiger partial charge in [-0.3, -0.25) is 10.1 Å². The van der Waals surface area contributed by atoms with E-state index in [1.165, 1.54) is 6.92 Å². The molecular weight excluding hydrogens is 270 g/mol. The lowest BCUT2D eigenvalue weighted by Crippen LogP contribution is -2.16. The summed E-state index contributed by atoms with van der Waals surface area (Å²) in [6.45, 7) is 1.47. The topological polar surface area (TPSA) is 64.6 Å². The van der Waals surface area contributed by atoms with Crippen LogP contribution in [0.15, 0.2) is 48.5 Å². The fourth-order valence-corrected chi connectivity index (χ4v) is 1.71. The molecule has 0 atom stereocenters. The van der Waals surface area contributed by atoms with Crippen molar-refractivity contribution in [1.29, 1.82) is 0 Å². The summed E-state index contributed by atoms with van der Waals surface area (Å²) in [6, 6.07) is 13.3. The predicted molar refractivity (Wildman–Crippen MR) is 79.1 cm³/mol. The fraction of sp³-hybridized carbons (Fsp3) is 0.125. The molecule has 21 heavy (non-hydrogen) atoms. The van der Waals surface area contributed by atoms with Crippen LogP contribution in [-0.2, 0) is 0 Å². The van der Waals surface area contributed by atoms with Gasteiger partial charge in [0.1, 0.15) is 11.5 Å². The van der Waals surface area contributed by atoms with Crippen LogP contribution >= 0.6 is 0 Å². The van der Waals surface area contributed by atoms with Gasteiger partial charge in [-0.05, 0) is 43.3 Å². The van der Waals surface area contributed by atoms with Gasteiger partial charge in [-0.15, -0.1) is 0 Å². The normalized spacial score (nSPS) is 9.81. The molecule has 1 N–H and O–H groups in total. The number of hydrogen-bond donors (Lipinski definition) is 1. The maximum atomic E-state index is 11.8. The van der Waals surface area contributed by atoms with E-state index in [4.69, 9.17) is 9.47 Å². The van der Waals surface area contributed by atoms with Crippen LogP contribution in [0.4, 0.5) is 10.5 Å². The smallest absolute Gasteiger partial charge is 0.417 e. The average Bonchev–Trinajstić information content (AvgIpc) is 2.48. The number of carbonyl (C=O) groups is 2. The van der Waals surface area contributed by atoms with Crippen LogP contribution in [0.2, 0.25) is 0 Å². The average molecular weight is 285 g/mol. The van der Waals surface area contributed by atoms with Gasteiger partial charge in [0.2, 0.25) is 0 Å². The minimum Gasteiger partial charge on any atom is -0.497 e. The highest BCUT2D eigenvalue weighted by molar-refractivity contribution is 5.96. The Kier molecular flexibility index (Phi) is 4.56. The molecule has 0 heterocycles. The van der Waals surface area contributed by atoms with E-state index in [9.17, 15) is 9.59 Å². The van der Waals surface area contributed by atoms with E-state index in [1.54, 1.807) is 55.6 Å². The number of carbonyl (C=O) groups excluding carboxylic acids is 2. The van der Waals surface area contributed by atoms with E-state index in [0.29, 0.717) is 22.7 Å². The van der Waals surface area contributed by atoms with Crippen molar-refractivity contribution in [1.82, 2.24) is 0 Å². The van der Waals surface area contributed by atoms with E-state index in [2.05, 4.69) is 5.32 Å². The molecule has 2 aromatic carbocycles. The van der Waals surface area contributed by atoms with E-state index in [1.807, 2.05) is 0 Å². The summed E-state index contributed by atoms with van der Waals surface area (Å²) in [5, 5.41) is 2.57. The van der Waals surface area contributed by atoms with Gasteiger partial charge in [0, 0.05) is 11.3 Å². The maximum absolute atomic E-state index is 11.8. The molecule has 0 bridgehead atoms. The molecule has 1 amide bonds. The molecule has 5 nitrogen and oxygen atoms in total. The van der Waals surface area contributed by atoms with Crippen LogP contribution in [0.5, 0.6) is 11.5 Å². The zero-order valence-corrected chi connectivity index (χ0v) is 11.8. The highest BCUT2D eigenvalue weighted by Crippen LogP contribution is 2.18. The molecule has 0 unspecified atom stereocenters. The Morgan fingerprint density at radius 2 is 1.67 bits per heavy atom. The SMILES string of the molecule is COc1ccc(OC(=O)Nc2cccc(C(C)=O)c2)cc1. The molecule has 2 rings (SSSR count). The van der Waals surface area contributed by atoms with Crippen LogP contribution in [0.3, 0.4) is 0 Å². The lowest BCUT2D eigenvalue weighted by atomic mass is 10.1. The van der Waals surface area contributed by atoms with Crippen molar-refractivity contribution < 1.29 is 19.1 Å². The second kappa shape index (κ2) is 6.56. The molecule has 0 fully saturated rings. The second-order valence-corrected chi connectivity index (χ2v) is 4.33. The first-order valence-electron chi connectivity index (χ1n) is 6.32. The first-order valence-corrected chi connectivity index (χ1v) is 6.32. The third-order valence-electron chi connectivity index (χ3n) is 2.79. The molecule has 0 saturated carbocycles. The van der Waals surface area contributed by atoms with Gasteiger partial charge < -0.3 is 9.47 Å². The number of hydrogen-bond acceptors (Lipinski definition) is 4. The molecule has 0 aliphatic heterocycles. The summed E-state index contributed by atoms with van der Waals surface area (Å²) >= 11 is 0. The highest BCUT2D eigenvalue weighted by atomic mass is 16.6. The fourth-order valence-electron chi connectivity index (χ4n) is 1.71. The summed E-state index contributed by atoms with van der Waals surface area (Å²) in [7, 11) is 1.56. The van der Waals surface area contributed by atoms with Crippen molar-refractivity contribution in [3.63, 3.8) is 0 Å². The van der Waals surface area contributed by atoms with Gasteiger partial charge in [0.15, 0.2) is 5.78 Å². The Morgan fingerprint density at radius 3 is 2.29 bits per heavy atom. The van der Waals surface area contributed by atoms with E-state index < -0.39 is 6.09 Å². The number of anilines is 1. The van der Waals surface area contributed by atoms with Crippen LogP contribution < -0.4 is 14.8 Å². The minimum atomic E-state index is -0.624. The molecule has 0 spiro atoms.